The molecule has 5 nitrogen and oxygen atoms in total. The van der Waals surface area contributed by atoms with Gasteiger partial charge in [0.25, 0.3) is 0 Å². The number of nitrogen functional groups attached to an aromatic ring is 3. The van der Waals surface area contributed by atoms with Crippen molar-refractivity contribution in [1.29, 1.82) is 0 Å². The molecule has 5 heteroatoms. The number of aromatic hydroxyl groups is 1. The Morgan fingerprint density at radius 2 is 1.59 bits per heavy atom. The van der Waals surface area contributed by atoms with Crippen molar-refractivity contribution in [2.75, 3.05) is 17.2 Å². The molecule has 0 atom stereocenters. The first kappa shape index (κ1) is 10.9. The predicted molar refractivity (Wildman–Crippen MR) is 67.9 cm³/mol. The Bertz CT molecular complexity index is 555. The summed E-state index contributed by atoms with van der Waals surface area (Å²) in [6.07, 6.45) is 0. The maximum Gasteiger partial charge on any atom is 0.152 e. The molecule has 0 saturated heterocycles. The van der Waals surface area contributed by atoms with Crippen molar-refractivity contribution in [3.63, 3.8) is 0 Å². The summed E-state index contributed by atoms with van der Waals surface area (Å²) in [4.78, 5) is 0. The van der Waals surface area contributed by atoms with Gasteiger partial charge in [-0.15, -0.1) is 0 Å². The molecule has 0 aliphatic carbocycles. The van der Waals surface area contributed by atoms with Gasteiger partial charge < -0.3 is 27.0 Å². The number of ether oxygens (including phenoxy) is 1. The van der Waals surface area contributed by atoms with E-state index in [2.05, 4.69) is 0 Å². The van der Waals surface area contributed by atoms with Gasteiger partial charge in [-0.25, -0.2) is 0 Å². The lowest BCUT2D eigenvalue weighted by atomic mass is 10.2. The van der Waals surface area contributed by atoms with Crippen LogP contribution in [0.15, 0.2) is 36.4 Å². The molecule has 7 N–H and O–H groups in total. The van der Waals surface area contributed by atoms with Crippen LogP contribution in [0.25, 0.3) is 0 Å². The molecule has 0 spiro atoms. The molecule has 2 aromatic carbocycles. The molecule has 0 saturated carbocycles. The average Bonchev–Trinajstić information content (AvgIpc) is 2.29. The second kappa shape index (κ2) is 4.13. The fourth-order valence-corrected chi connectivity index (χ4v) is 1.35. The predicted octanol–water partition coefficient (Wildman–Crippen LogP) is 1.93. The third-order valence-corrected chi connectivity index (χ3v) is 2.27. The quantitative estimate of drug-likeness (QED) is 0.466. The standard InChI is InChI=1S/C12H13N3O2/c13-7-1-3-10(15)12(5-7)17-8-2-4-9(14)11(16)6-8/h1-6,16H,13-15H2. The molecule has 0 radical (unpaired) electrons. The van der Waals surface area contributed by atoms with Crippen molar-refractivity contribution in [3.8, 4) is 17.2 Å². The number of phenolic OH excluding ortho intramolecular Hbond substituents is 1. The minimum atomic E-state index is -0.0371. The molecule has 0 bridgehead atoms. The summed E-state index contributed by atoms with van der Waals surface area (Å²) in [7, 11) is 0. The molecule has 17 heavy (non-hydrogen) atoms. The van der Waals surface area contributed by atoms with Gasteiger partial charge in [0.05, 0.1) is 11.4 Å². The highest BCUT2D eigenvalue weighted by Crippen LogP contribution is 2.32. The summed E-state index contributed by atoms with van der Waals surface area (Å²) >= 11 is 0. The minimum absolute atomic E-state index is 0.0371. The lowest BCUT2D eigenvalue weighted by Crippen LogP contribution is -1.94. The highest BCUT2D eigenvalue weighted by Gasteiger charge is 2.05. The van der Waals surface area contributed by atoms with Gasteiger partial charge >= 0.3 is 0 Å². The first-order valence-electron chi connectivity index (χ1n) is 4.97. The normalized spacial score (nSPS) is 10.1. The van der Waals surface area contributed by atoms with Crippen LogP contribution in [0, 0.1) is 0 Å². The van der Waals surface area contributed by atoms with Crippen LogP contribution in [0.4, 0.5) is 17.1 Å². The molecular weight excluding hydrogens is 218 g/mol. The smallest absolute Gasteiger partial charge is 0.152 e. The maximum atomic E-state index is 9.44. The van der Waals surface area contributed by atoms with Gasteiger partial charge in [-0.1, -0.05) is 0 Å². The van der Waals surface area contributed by atoms with E-state index in [-0.39, 0.29) is 11.4 Å². The highest BCUT2D eigenvalue weighted by atomic mass is 16.5. The van der Waals surface area contributed by atoms with Gasteiger partial charge in [0.15, 0.2) is 5.75 Å². The Kier molecular flexibility index (Phi) is 2.66. The van der Waals surface area contributed by atoms with Gasteiger partial charge in [0, 0.05) is 17.8 Å². The lowest BCUT2D eigenvalue weighted by molar-refractivity contribution is 0.458. The zero-order valence-corrected chi connectivity index (χ0v) is 9.05. The van der Waals surface area contributed by atoms with Gasteiger partial charge in [-0.05, 0) is 24.3 Å². The number of anilines is 3. The highest BCUT2D eigenvalue weighted by molar-refractivity contribution is 5.61. The second-order valence-corrected chi connectivity index (χ2v) is 3.62. The molecule has 0 fully saturated rings. The van der Waals surface area contributed by atoms with Crippen LogP contribution in [0.2, 0.25) is 0 Å². The molecule has 0 unspecified atom stereocenters. The molecule has 0 aliphatic heterocycles. The van der Waals surface area contributed by atoms with E-state index in [1.807, 2.05) is 0 Å². The summed E-state index contributed by atoms with van der Waals surface area (Å²) in [5, 5.41) is 9.44. The first-order valence-corrected chi connectivity index (χ1v) is 4.97. The largest absolute Gasteiger partial charge is 0.506 e. The fraction of sp³-hybridized carbons (Fsp3) is 0. The maximum absolute atomic E-state index is 9.44. The van der Waals surface area contributed by atoms with Crippen molar-refractivity contribution in [2.45, 2.75) is 0 Å². The second-order valence-electron chi connectivity index (χ2n) is 3.62. The van der Waals surface area contributed by atoms with Crippen LogP contribution < -0.4 is 21.9 Å². The Morgan fingerprint density at radius 1 is 0.882 bits per heavy atom. The zero-order valence-electron chi connectivity index (χ0n) is 9.05. The fourth-order valence-electron chi connectivity index (χ4n) is 1.35. The van der Waals surface area contributed by atoms with Crippen molar-refractivity contribution >= 4 is 17.1 Å². The molecule has 0 aromatic heterocycles. The van der Waals surface area contributed by atoms with E-state index in [9.17, 15) is 5.11 Å². The molecular formula is C12H13N3O2. The van der Waals surface area contributed by atoms with Crippen LogP contribution in [0.3, 0.4) is 0 Å². The molecule has 88 valence electrons. The summed E-state index contributed by atoms with van der Waals surface area (Å²) in [5.41, 5.74) is 18.2. The summed E-state index contributed by atoms with van der Waals surface area (Å²) < 4.78 is 5.51. The van der Waals surface area contributed by atoms with E-state index in [1.165, 1.54) is 6.07 Å². The van der Waals surface area contributed by atoms with Crippen molar-refractivity contribution in [3.05, 3.63) is 36.4 Å². The molecule has 0 heterocycles. The van der Waals surface area contributed by atoms with E-state index in [0.717, 1.165) is 0 Å². The van der Waals surface area contributed by atoms with E-state index < -0.39 is 0 Å². The van der Waals surface area contributed by atoms with Gasteiger partial charge in [-0.2, -0.15) is 0 Å². The molecule has 0 amide bonds. The Labute approximate surface area is 98.4 Å². The Balaban J connectivity index is 2.31. The summed E-state index contributed by atoms with van der Waals surface area (Å²) in [6, 6.07) is 9.55. The van der Waals surface area contributed by atoms with E-state index >= 15 is 0 Å². The average molecular weight is 231 g/mol. The SMILES string of the molecule is Nc1ccc(N)c(Oc2ccc(N)c(O)c2)c1. The van der Waals surface area contributed by atoms with Crippen LogP contribution >= 0.6 is 0 Å². The van der Waals surface area contributed by atoms with Crippen molar-refractivity contribution in [1.82, 2.24) is 0 Å². The Hall–Kier alpha value is -2.56. The van der Waals surface area contributed by atoms with Gasteiger partial charge in [-0.3, -0.25) is 0 Å². The van der Waals surface area contributed by atoms with E-state index in [0.29, 0.717) is 22.9 Å². The zero-order chi connectivity index (χ0) is 12.4. The van der Waals surface area contributed by atoms with Gasteiger partial charge in [0.2, 0.25) is 0 Å². The van der Waals surface area contributed by atoms with E-state index in [4.69, 9.17) is 21.9 Å². The van der Waals surface area contributed by atoms with Crippen molar-refractivity contribution < 1.29 is 9.84 Å². The number of hydrogen-bond acceptors (Lipinski definition) is 5. The number of benzene rings is 2. The topological polar surface area (TPSA) is 108 Å². The minimum Gasteiger partial charge on any atom is -0.506 e. The number of nitrogens with two attached hydrogens (primary N) is 3. The molecule has 2 aromatic rings. The monoisotopic (exact) mass is 231 g/mol. The summed E-state index contributed by atoms with van der Waals surface area (Å²) in [6.45, 7) is 0. The third kappa shape index (κ3) is 2.34. The first-order chi connectivity index (χ1) is 8.06. The van der Waals surface area contributed by atoms with Crippen LogP contribution in [0.1, 0.15) is 0 Å². The van der Waals surface area contributed by atoms with Crippen LogP contribution in [-0.2, 0) is 0 Å². The van der Waals surface area contributed by atoms with Crippen molar-refractivity contribution in [2.24, 2.45) is 0 Å². The molecule has 0 aliphatic rings. The van der Waals surface area contributed by atoms with Crippen LogP contribution in [-0.4, -0.2) is 5.11 Å². The lowest BCUT2D eigenvalue weighted by Gasteiger charge is -2.10. The van der Waals surface area contributed by atoms with Crippen LogP contribution in [0.5, 0.6) is 17.2 Å². The number of hydrogen-bond donors (Lipinski definition) is 4. The Morgan fingerprint density at radius 3 is 2.29 bits per heavy atom. The number of phenols is 1. The third-order valence-electron chi connectivity index (χ3n) is 2.27. The number of rotatable bonds is 2. The van der Waals surface area contributed by atoms with E-state index in [1.54, 1.807) is 30.3 Å². The summed E-state index contributed by atoms with van der Waals surface area (Å²) in [5.74, 6) is 0.841. The molecule has 2 rings (SSSR count). The van der Waals surface area contributed by atoms with Gasteiger partial charge in [0.1, 0.15) is 11.5 Å².